The number of nitrogens with zero attached hydrogens (tertiary/aromatic N) is 4. The van der Waals surface area contributed by atoms with Gasteiger partial charge in [-0.2, -0.15) is 9.78 Å². The molecule has 6 heteroatoms. The molecule has 3 rings (SSSR count). The average molecular weight is 292 g/mol. The molecule has 0 N–H and O–H groups in total. The summed E-state index contributed by atoms with van der Waals surface area (Å²) in [6, 6.07) is 4.19. The van der Waals surface area contributed by atoms with Gasteiger partial charge in [-0.1, -0.05) is 37.6 Å². The van der Waals surface area contributed by atoms with E-state index in [1.807, 2.05) is 4.68 Å². The van der Waals surface area contributed by atoms with Crippen LogP contribution in [-0.2, 0) is 6.42 Å². The third-order valence-corrected chi connectivity index (χ3v) is 4.89. The summed E-state index contributed by atoms with van der Waals surface area (Å²) in [5.41, 5.74) is 1.13. The molecular weight excluding hydrogens is 276 g/mol. The number of fused-ring (bicyclic) bond motifs is 1. The topological polar surface area (TPSA) is 43.1 Å². The van der Waals surface area contributed by atoms with Crippen molar-refractivity contribution in [2.24, 2.45) is 5.10 Å². The van der Waals surface area contributed by atoms with E-state index < -0.39 is 0 Å². The maximum absolute atomic E-state index is 4.72. The van der Waals surface area contributed by atoms with E-state index in [4.69, 9.17) is 5.10 Å². The summed E-state index contributed by atoms with van der Waals surface area (Å²) < 4.78 is 1.93. The first-order valence-corrected chi connectivity index (χ1v) is 8.44. The zero-order valence-electron chi connectivity index (χ0n) is 10.9. The number of rotatable bonds is 5. The van der Waals surface area contributed by atoms with Crippen LogP contribution >= 0.6 is 23.1 Å². The lowest BCUT2D eigenvalue weighted by Gasteiger charge is -2.12. The van der Waals surface area contributed by atoms with Crippen molar-refractivity contribution < 1.29 is 0 Å². The quantitative estimate of drug-likeness (QED) is 0.793. The molecule has 2 aromatic heterocycles. The Balaban J connectivity index is 1.84. The minimum atomic E-state index is 0.883. The Labute approximate surface area is 120 Å². The highest BCUT2D eigenvalue weighted by Crippen LogP contribution is 2.25. The monoisotopic (exact) mass is 292 g/mol. The molecule has 3 heterocycles. The third kappa shape index (κ3) is 2.74. The van der Waals surface area contributed by atoms with Gasteiger partial charge in [-0.15, -0.1) is 21.5 Å². The van der Waals surface area contributed by atoms with Crippen molar-refractivity contribution in [2.75, 3.05) is 5.75 Å². The molecule has 0 aliphatic carbocycles. The van der Waals surface area contributed by atoms with Gasteiger partial charge in [0.1, 0.15) is 0 Å². The Bertz CT molecular complexity index is 571. The van der Waals surface area contributed by atoms with E-state index in [1.54, 1.807) is 23.1 Å². The fourth-order valence-electron chi connectivity index (χ4n) is 2.02. The highest BCUT2D eigenvalue weighted by molar-refractivity contribution is 7.99. The Hall–Kier alpha value is -1.14. The largest absolute Gasteiger partial charge is 0.212 e. The highest BCUT2D eigenvalue weighted by Gasteiger charge is 2.19. The van der Waals surface area contributed by atoms with Crippen LogP contribution in [0.1, 0.15) is 36.9 Å². The Morgan fingerprint density at radius 1 is 1.32 bits per heavy atom. The van der Waals surface area contributed by atoms with Crippen LogP contribution in [0.2, 0.25) is 0 Å². The van der Waals surface area contributed by atoms with Gasteiger partial charge in [0.15, 0.2) is 5.82 Å². The summed E-state index contributed by atoms with van der Waals surface area (Å²) in [6.45, 7) is 2.21. The van der Waals surface area contributed by atoms with Crippen LogP contribution in [0.15, 0.2) is 27.8 Å². The minimum absolute atomic E-state index is 0.883. The maximum Gasteiger partial charge on any atom is 0.212 e. The summed E-state index contributed by atoms with van der Waals surface area (Å²) in [6.07, 6.45) is 4.57. The highest BCUT2D eigenvalue weighted by atomic mass is 32.2. The maximum atomic E-state index is 4.72. The number of thiophene rings is 1. The second kappa shape index (κ2) is 5.88. The Morgan fingerprint density at radius 2 is 2.26 bits per heavy atom. The lowest BCUT2D eigenvalue weighted by molar-refractivity contribution is 0.647. The molecule has 2 aromatic rings. The van der Waals surface area contributed by atoms with E-state index >= 15 is 0 Å². The number of unbranched alkanes of at least 4 members (excludes halogenated alkanes) is 2. The fourth-order valence-corrected chi connectivity index (χ4v) is 3.67. The molecule has 1 aliphatic heterocycles. The van der Waals surface area contributed by atoms with Gasteiger partial charge >= 0.3 is 0 Å². The first-order chi connectivity index (χ1) is 9.38. The van der Waals surface area contributed by atoms with Crippen molar-refractivity contribution in [1.29, 1.82) is 0 Å². The van der Waals surface area contributed by atoms with Gasteiger partial charge in [0.2, 0.25) is 5.16 Å². The van der Waals surface area contributed by atoms with Crippen LogP contribution in [0, 0.1) is 0 Å². The zero-order chi connectivity index (χ0) is 13.1. The van der Waals surface area contributed by atoms with Gasteiger partial charge in [-0.3, -0.25) is 0 Å². The molecule has 100 valence electrons. The molecule has 0 aromatic carbocycles. The van der Waals surface area contributed by atoms with Crippen LogP contribution in [0.5, 0.6) is 0 Å². The number of thioether (sulfide) groups is 1. The number of aryl methyl sites for hydroxylation is 1. The minimum Gasteiger partial charge on any atom is -0.191 e. The van der Waals surface area contributed by atoms with E-state index in [1.165, 1.54) is 17.7 Å². The first kappa shape index (κ1) is 12.9. The number of hydrogen-bond acceptors (Lipinski definition) is 5. The molecule has 19 heavy (non-hydrogen) atoms. The van der Waals surface area contributed by atoms with Gasteiger partial charge in [0.05, 0.1) is 10.6 Å². The second-order valence-corrected chi connectivity index (χ2v) is 6.37. The van der Waals surface area contributed by atoms with E-state index in [-0.39, 0.29) is 0 Å². The predicted octanol–water partition coefficient (Wildman–Crippen LogP) is 3.43. The van der Waals surface area contributed by atoms with E-state index in [2.05, 4.69) is 34.6 Å². The van der Waals surface area contributed by atoms with Gasteiger partial charge in [-0.25, -0.2) is 0 Å². The molecule has 4 nitrogen and oxygen atoms in total. The summed E-state index contributed by atoms with van der Waals surface area (Å²) in [7, 11) is 0. The van der Waals surface area contributed by atoms with E-state index in [0.717, 1.165) is 35.3 Å². The molecule has 0 radical (unpaired) electrons. The number of aromatic nitrogens is 3. The average Bonchev–Trinajstić information content (AvgIpc) is 3.08. The summed E-state index contributed by atoms with van der Waals surface area (Å²) in [4.78, 5) is 1.24. The van der Waals surface area contributed by atoms with Gasteiger partial charge in [0, 0.05) is 12.2 Å². The van der Waals surface area contributed by atoms with Gasteiger partial charge in [-0.05, 0) is 17.9 Å². The second-order valence-electron chi connectivity index (χ2n) is 4.48. The van der Waals surface area contributed by atoms with Crippen molar-refractivity contribution in [3.8, 4) is 0 Å². The molecule has 0 saturated heterocycles. The summed E-state index contributed by atoms with van der Waals surface area (Å²) in [5, 5.41) is 16.2. The molecule has 0 amide bonds. The first-order valence-electron chi connectivity index (χ1n) is 6.57. The SMILES string of the molecule is CCCCCc1nnc2n1N=C(c1cccs1)CS2. The predicted molar refractivity (Wildman–Crippen MR) is 80.2 cm³/mol. The van der Waals surface area contributed by atoms with Crippen molar-refractivity contribution in [3.63, 3.8) is 0 Å². The molecule has 0 unspecified atom stereocenters. The smallest absolute Gasteiger partial charge is 0.191 e. The summed E-state index contributed by atoms with van der Waals surface area (Å²) in [5.74, 6) is 1.87. The van der Waals surface area contributed by atoms with Crippen molar-refractivity contribution in [2.45, 2.75) is 37.8 Å². The fraction of sp³-hybridized carbons (Fsp3) is 0.462. The lowest BCUT2D eigenvalue weighted by Crippen LogP contribution is -2.13. The van der Waals surface area contributed by atoms with Gasteiger partial charge in [0.25, 0.3) is 0 Å². The molecule has 0 fully saturated rings. The van der Waals surface area contributed by atoms with Crippen LogP contribution in [0.25, 0.3) is 0 Å². The zero-order valence-corrected chi connectivity index (χ0v) is 12.5. The van der Waals surface area contributed by atoms with Crippen molar-refractivity contribution in [3.05, 3.63) is 28.2 Å². The Morgan fingerprint density at radius 3 is 3.05 bits per heavy atom. The van der Waals surface area contributed by atoms with Crippen LogP contribution in [0.4, 0.5) is 0 Å². The van der Waals surface area contributed by atoms with Crippen LogP contribution in [0.3, 0.4) is 0 Å². The molecule has 0 atom stereocenters. The Kier molecular flexibility index (Phi) is 3.98. The standard InChI is InChI=1S/C13H16N4S2/c1-2-3-4-7-12-14-15-13-17(12)16-10(9-19-13)11-6-5-8-18-11/h5-6,8H,2-4,7,9H2,1H3. The van der Waals surface area contributed by atoms with Crippen LogP contribution in [-0.4, -0.2) is 26.3 Å². The normalized spacial score (nSPS) is 14.3. The molecule has 0 spiro atoms. The van der Waals surface area contributed by atoms with Crippen LogP contribution < -0.4 is 0 Å². The summed E-state index contributed by atoms with van der Waals surface area (Å²) >= 11 is 3.46. The molecule has 1 aliphatic rings. The molecular formula is C13H16N4S2. The van der Waals surface area contributed by atoms with E-state index in [9.17, 15) is 0 Å². The van der Waals surface area contributed by atoms with E-state index in [0.29, 0.717) is 0 Å². The molecule has 0 bridgehead atoms. The van der Waals surface area contributed by atoms with Gasteiger partial charge < -0.3 is 0 Å². The van der Waals surface area contributed by atoms with Crippen molar-refractivity contribution >= 4 is 28.8 Å². The number of hydrogen-bond donors (Lipinski definition) is 0. The van der Waals surface area contributed by atoms with Crippen molar-refractivity contribution in [1.82, 2.24) is 14.9 Å². The molecule has 0 saturated carbocycles. The lowest BCUT2D eigenvalue weighted by atomic mass is 10.2. The third-order valence-electron chi connectivity index (χ3n) is 3.04.